The molecule has 1 aromatic carbocycles. The van der Waals surface area contributed by atoms with Crippen molar-refractivity contribution in [3.63, 3.8) is 0 Å². The SMILES string of the molecule is COCCNC(=O)COC(=O)c1ccc(NC(=O)CC#N)cc1. The second kappa shape index (κ2) is 9.92. The first-order valence-corrected chi connectivity index (χ1v) is 6.76. The first-order chi connectivity index (χ1) is 11.1. The highest BCUT2D eigenvalue weighted by molar-refractivity contribution is 5.94. The van der Waals surface area contributed by atoms with Gasteiger partial charge in [0, 0.05) is 19.3 Å². The van der Waals surface area contributed by atoms with Crippen molar-refractivity contribution in [2.45, 2.75) is 6.42 Å². The van der Waals surface area contributed by atoms with E-state index >= 15 is 0 Å². The average Bonchev–Trinajstić information content (AvgIpc) is 2.54. The van der Waals surface area contributed by atoms with Crippen LogP contribution in [0.25, 0.3) is 0 Å². The zero-order valence-electron chi connectivity index (χ0n) is 12.6. The minimum atomic E-state index is -0.651. The molecule has 122 valence electrons. The van der Waals surface area contributed by atoms with Gasteiger partial charge in [0.15, 0.2) is 6.61 Å². The molecule has 0 saturated heterocycles. The Morgan fingerprint density at radius 2 is 1.87 bits per heavy atom. The Bertz CT molecular complexity index is 592. The number of anilines is 1. The quantitative estimate of drug-likeness (QED) is 0.531. The van der Waals surface area contributed by atoms with Crippen LogP contribution in [0.15, 0.2) is 24.3 Å². The molecule has 0 bridgehead atoms. The first kappa shape index (κ1) is 18.1. The van der Waals surface area contributed by atoms with Gasteiger partial charge in [0.1, 0.15) is 6.42 Å². The Morgan fingerprint density at radius 3 is 2.48 bits per heavy atom. The number of rotatable bonds is 8. The highest BCUT2D eigenvalue weighted by Crippen LogP contribution is 2.10. The lowest BCUT2D eigenvalue weighted by molar-refractivity contribution is -0.124. The molecule has 0 spiro atoms. The summed E-state index contributed by atoms with van der Waals surface area (Å²) in [6, 6.07) is 7.64. The summed E-state index contributed by atoms with van der Waals surface area (Å²) >= 11 is 0. The van der Waals surface area contributed by atoms with Crippen LogP contribution in [-0.4, -0.2) is 44.7 Å². The van der Waals surface area contributed by atoms with Crippen LogP contribution in [-0.2, 0) is 19.1 Å². The molecule has 0 unspecified atom stereocenters. The molecule has 0 heterocycles. The lowest BCUT2D eigenvalue weighted by Gasteiger charge is -2.07. The molecule has 0 aromatic heterocycles. The number of amides is 2. The summed E-state index contributed by atoms with van der Waals surface area (Å²) < 4.78 is 9.63. The van der Waals surface area contributed by atoms with Gasteiger partial charge in [0.2, 0.25) is 5.91 Å². The predicted octanol–water partition coefficient (Wildman–Crippen LogP) is 0.458. The number of hydrogen-bond acceptors (Lipinski definition) is 6. The smallest absolute Gasteiger partial charge is 0.338 e. The Labute approximate surface area is 133 Å². The van der Waals surface area contributed by atoms with E-state index in [4.69, 9.17) is 14.7 Å². The molecule has 1 aromatic rings. The summed E-state index contributed by atoms with van der Waals surface area (Å²) in [5, 5.41) is 13.4. The van der Waals surface area contributed by atoms with Gasteiger partial charge in [0.25, 0.3) is 5.91 Å². The summed E-state index contributed by atoms with van der Waals surface area (Å²) in [5.41, 5.74) is 0.701. The van der Waals surface area contributed by atoms with Gasteiger partial charge in [-0.05, 0) is 24.3 Å². The fraction of sp³-hybridized carbons (Fsp3) is 0.333. The zero-order valence-corrected chi connectivity index (χ0v) is 12.6. The van der Waals surface area contributed by atoms with Crippen LogP contribution in [0.1, 0.15) is 16.8 Å². The van der Waals surface area contributed by atoms with Gasteiger partial charge >= 0.3 is 5.97 Å². The Kier molecular flexibility index (Phi) is 7.82. The molecule has 8 heteroatoms. The van der Waals surface area contributed by atoms with Gasteiger partial charge < -0.3 is 20.1 Å². The van der Waals surface area contributed by atoms with Crippen molar-refractivity contribution in [1.82, 2.24) is 5.32 Å². The molecular formula is C15H17N3O5. The maximum Gasteiger partial charge on any atom is 0.338 e. The highest BCUT2D eigenvalue weighted by Gasteiger charge is 2.10. The highest BCUT2D eigenvalue weighted by atomic mass is 16.5. The van der Waals surface area contributed by atoms with Crippen LogP contribution in [0.4, 0.5) is 5.69 Å². The van der Waals surface area contributed by atoms with E-state index in [1.54, 1.807) is 6.07 Å². The topological polar surface area (TPSA) is 118 Å². The van der Waals surface area contributed by atoms with E-state index in [9.17, 15) is 14.4 Å². The summed E-state index contributed by atoms with van der Waals surface area (Å²) in [7, 11) is 1.51. The van der Waals surface area contributed by atoms with Crippen molar-refractivity contribution in [2.24, 2.45) is 0 Å². The molecule has 0 aliphatic carbocycles. The summed E-state index contributed by atoms with van der Waals surface area (Å²) in [6.45, 7) is 0.325. The minimum Gasteiger partial charge on any atom is -0.452 e. The molecule has 2 amide bonds. The van der Waals surface area contributed by atoms with E-state index < -0.39 is 17.8 Å². The van der Waals surface area contributed by atoms with E-state index in [0.29, 0.717) is 18.8 Å². The number of nitriles is 1. The van der Waals surface area contributed by atoms with E-state index in [2.05, 4.69) is 10.6 Å². The lowest BCUT2D eigenvalue weighted by atomic mass is 10.2. The van der Waals surface area contributed by atoms with Crippen molar-refractivity contribution in [3.05, 3.63) is 29.8 Å². The number of carbonyl (C=O) groups is 3. The monoisotopic (exact) mass is 319 g/mol. The maximum atomic E-state index is 11.8. The first-order valence-electron chi connectivity index (χ1n) is 6.76. The molecule has 0 fully saturated rings. The Balaban J connectivity index is 2.43. The second-order valence-electron chi connectivity index (χ2n) is 4.38. The number of hydrogen-bond donors (Lipinski definition) is 2. The molecule has 0 radical (unpaired) electrons. The van der Waals surface area contributed by atoms with Gasteiger partial charge in [-0.3, -0.25) is 9.59 Å². The summed E-state index contributed by atoms with van der Waals surface area (Å²) in [4.78, 5) is 34.4. The van der Waals surface area contributed by atoms with E-state index in [-0.39, 0.29) is 18.6 Å². The number of methoxy groups -OCH3 is 1. The number of nitrogens with one attached hydrogen (secondary N) is 2. The number of carbonyl (C=O) groups excluding carboxylic acids is 3. The Hall–Kier alpha value is -2.92. The molecule has 0 aliphatic heterocycles. The van der Waals surface area contributed by atoms with Crippen LogP contribution < -0.4 is 10.6 Å². The normalized spacial score (nSPS) is 9.57. The molecule has 0 aliphatic rings. The lowest BCUT2D eigenvalue weighted by Crippen LogP contribution is -2.31. The van der Waals surface area contributed by atoms with Crippen LogP contribution in [0.3, 0.4) is 0 Å². The molecule has 1 rings (SSSR count). The third-order valence-electron chi connectivity index (χ3n) is 2.61. The molecule has 23 heavy (non-hydrogen) atoms. The van der Waals surface area contributed by atoms with Crippen LogP contribution >= 0.6 is 0 Å². The van der Waals surface area contributed by atoms with Gasteiger partial charge in [0.05, 0.1) is 18.2 Å². The van der Waals surface area contributed by atoms with Gasteiger partial charge in [-0.1, -0.05) is 0 Å². The van der Waals surface area contributed by atoms with Crippen molar-refractivity contribution in [1.29, 1.82) is 5.26 Å². The molecule has 8 nitrogen and oxygen atoms in total. The Morgan fingerprint density at radius 1 is 1.17 bits per heavy atom. The fourth-order valence-electron chi connectivity index (χ4n) is 1.52. The van der Waals surface area contributed by atoms with Crippen molar-refractivity contribution in [2.75, 3.05) is 32.2 Å². The molecule has 0 saturated carbocycles. The summed E-state index contributed by atoms with van der Waals surface area (Å²) in [6.07, 6.45) is -0.248. The van der Waals surface area contributed by atoms with Crippen LogP contribution in [0.5, 0.6) is 0 Å². The second-order valence-corrected chi connectivity index (χ2v) is 4.38. The van der Waals surface area contributed by atoms with E-state index in [0.717, 1.165) is 0 Å². The predicted molar refractivity (Wildman–Crippen MR) is 80.5 cm³/mol. The molecule has 0 atom stereocenters. The molecular weight excluding hydrogens is 302 g/mol. The zero-order chi connectivity index (χ0) is 17.1. The largest absolute Gasteiger partial charge is 0.452 e. The fourth-order valence-corrected chi connectivity index (χ4v) is 1.52. The standard InChI is InChI=1S/C15H17N3O5/c1-22-9-8-17-14(20)10-23-15(21)11-2-4-12(5-3-11)18-13(19)6-7-16/h2-5H,6,8-10H2,1H3,(H,17,20)(H,18,19). The van der Waals surface area contributed by atoms with Crippen LogP contribution in [0.2, 0.25) is 0 Å². The van der Waals surface area contributed by atoms with Crippen molar-refractivity contribution < 1.29 is 23.9 Å². The molecule has 2 N–H and O–H groups in total. The number of benzene rings is 1. The van der Waals surface area contributed by atoms with Crippen LogP contribution in [0, 0.1) is 11.3 Å². The number of esters is 1. The van der Waals surface area contributed by atoms with E-state index in [1.807, 2.05) is 0 Å². The third kappa shape index (κ3) is 7.06. The van der Waals surface area contributed by atoms with Gasteiger partial charge in [-0.15, -0.1) is 0 Å². The maximum absolute atomic E-state index is 11.8. The van der Waals surface area contributed by atoms with Gasteiger partial charge in [-0.2, -0.15) is 5.26 Å². The minimum absolute atomic E-state index is 0.243. The van der Waals surface area contributed by atoms with E-state index in [1.165, 1.54) is 31.4 Å². The summed E-state index contributed by atoms with van der Waals surface area (Å²) in [5.74, 6) is -1.51. The third-order valence-corrected chi connectivity index (χ3v) is 2.61. The van der Waals surface area contributed by atoms with Gasteiger partial charge in [-0.25, -0.2) is 4.79 Å². The number of ether oxygens (including phenoxy) is 2. The van der Waals surface area contributed by atoms with Crippen molar-refractivity contribution in [3.8, 4) is 6.07 Å². The number of nitrogens with zero attached hydrogens (tertiary/aromatic N) is 1. The van der Waals surface area contributed by atoms with Crippen molar-refractivity contribution >= 4 is 23.5 Å². The average molecular weight is 319 g/mol.